The van der Waals surface area contributed by atoms with Crippen molar-refractivity contribution in [2.24, 2.45) is 0 Å². The number of hydrogen-bond donors (Lipinski definition) is 3. The number of rotatable bonds is 5. The third kappa shape index (κ3) is 8.54. The van der Waals surface area contributed by atoms with Gasteiger partial charge in [-0.3, -0.25) is 4.79 Å². The predicted molar refractivity (Wildman–Crippen MR) is 104 cm³/mol. The highest BCUT2D eigenvalue weighted by atomic mass is 16.4. The fraction of sp³-hybridized carbons (Fsp3) is 0.952. The average molecular weight is 353 g/mol. The van der Waals surface area contributed by atoms with Crippen molar-refractivity contribution in [3.63, 3.8) is 0 Å². The highest BCUT2D eigenvalue weighted by molar-refractivity contribution is 5.72. The Kier molecular flexibility index (Phi) is 9.85. The summed E-state index contributed by atoms with van der Waals surface area (Å²) in [5, 5.41) is 15.6. The van der Waals surface area contributed by atoms with Crippen LogP contribution in [0.2, 0.25) is 0 Å². The highest BCUT2D eigenvalue weighted by Crippen LogP contribution is 2.22. The first-order valence-electron chi connectivity index (χ1n) is 10.9. The number of aliphatic carboxylic acids is 1. The fourth-order valence-electron chi connectivity index (χ4n) is 4.57. The van der Waals surface area contributed by atoms with Crippen LogP contribution in [-0.4, -0.2) is 35.2 Å². The molecule has 0 aromatic rings. The van der Waals surface area contributed by atoms with Crippen LogP contribution < -0.4 is 10.6 Å². The van der Waals surface area contributed by atoms with Crippen LogP contribution in [-0.2, 0) is 4.79 Å². The van der Waals surface area contributed by atoms with Gasteiger partial charge in [0.2, 0.25) is 0 Å². The quantitative estimate of drug-likeness (QED) is 0.675. The molecule has 0 heterocycles. The first kappa shape index (κ1) is 20.7. The first-order valence-corrected chi connectivity index (χ1v) is 10.9. The maximum absolute atomic E-state index is 10.5. The molecule has 0 radical (unpaired) electrons. The average Bonchev–Trinajstić information content (AvgIpc) is 2.65. The van der Waals surface area contributed by atoms with E-state index in [1.165, 1.54) is 83.5 Å². The maximum atomic E-state index is 10.5. The van der Waals surface area contributed by atoms with Crippen LogP contribution in [0.15, 0.2) is 0 Å². The van der Waals surface area contributed by atoms with Gasteiger partial charge in [-0.15, -0.1) is 0 Å². The van der Waals surface area contributed by atoms with Crippen LogP contribution in [0.3, 0.4) is 0 Å². The summed E-state index contributed by atoms with van der Waals surface area (Å²) in [6, 6.07) is 1.78. The van der Waals surface area contributed by atoms with Gasteiger partial charge in [0.25, 0.3) is 0 Å². The molecule has 3 N–H and O–H groups in total. The predicted octanol–water partition coefficient (Wildman–Crippen LogP) is 4.62. The van der Waals surface area contributed by atoms with Crippen LogP contribution in [0.25, 0.3) is 0 Å². The fourth-order valence-corrected chi connectivity index (χ4v) is 4.57. The Morgan fingerprint density at radius 2 is 1.08 bits per heavy atom. The second-order valence-electron chi connectivity index (χ2n) is 8.40. The van der Waals surface area contributed by atoms with Gasteiger partial charge in [0.05, 0.1) is 0 Å². The molecule has 146 valence electrons. The van der Waals surface area contributed by atoms with Crippen LogP contribution in [0.1, 0.15) is 103 Å². The van der Waals surface area contributed by atoms with Gasteiger partial charge in [0.15, 0.2) is 0 Å². The summed E-state index contributed by atoms with van der Waals surface area (Å²) in [7, 11) is 0. The van der Waals surface area contributed by atoms with Gasteiger partial charge >= 0.3 is 5.97 Å². The second-order valence-corrected chi connectivity index (χ2v) is 8.40. The lowest BCUT2D eigenvalue weighted by atomic mass is 9.91. The third-order valence-corrected chi connectivity index (χ3v) is 6.14. The Labute approximate surface area is 154 Å². The summed E-state index contributed by atoms with van der Waals surface area (Å²) < 4.78 is 0. The Balaban J connectivity index is 0.000000181. The molecule has 3 saturated carbocycles. The lowest BCUT2D eigenvalue weighted by Crippen LogP contribution is -2.42. The molecule has 0 aromatic heterocycles. The molecule has 3 fully saturated rings. The van der Waals surface area contributed by atoms with Gasteiger partial charge in [-0.05, 0) is 45.4 Å². The zero-order valence-corrected chi connectivity index (χ0v) is 16.3. The van der Waals surface area contributed by atoms with E-state index in [9.17, 15) is 4.79 Å². The van der Waals surface area contributed by atoms with Crippen LogP contribution in [0.4, 0.5) is 0 Å². The molecule has 4 heteroatoms. The molecule has 3 aliphatic rings. The van der Waals surface area contributed by atoms with Crippen LogP contribution in [0, 0.1) is 0 Å². The number of hydrogen-bond acceptors (Lipinski definition) is 3. The molecule has 1 unspecified atom stereocenters. The summed E-state index contributed by atoms with van der Waals surface area (Å²) in [6.45, 7) is 1.71. The molecule has 0 spiro atoms. The van der Waals surface area contributed by atoms with E-state index in [-0.39, 0.29) is 0 Å². The van der Waals surface area contributed by atoms with Crippen LogP contribution in [0.5, 0.6) is 0 Å². The van der Waals surface area contributed by atoms with Crippen molar-refractivity contribution in [3.8, 4) is 0 Å². The van der Waals surface area contributed by atoms with E-state index in [1.807, 2.05) is 0 Å². The Bertz CT molecular complexity index is 341. The monoisotopic (exact) mass is 352 g/mol. The largest absolute Gasteiger partial charge is 0.480 e. The molecular weight excluding hydrogens is 312 g/mol. The first-order chi connectivity index (χ1) is 12.1. The second kappa shape index (κ2) is 11.9. The molecule has 4 nitrogen and oxygen atoms in total. The summed E-state index contributed by atoms with van der Waals surface area (Å²) >= 11 is 0. The van der Waals surface area contributed by atoms with Gasteiger partial charge in [-0.25, -0.2) is 0 Å². The molecule has 0 bridgehead atoms. The van der Waals surface area contributed by atoms with Gasteiger partial charge in [0, 0.05) is 18.1 Å². The van der Waals surface area contributed by atoms with Gasteiger partial charge in [-0.2, -0.15) is 0 Å². The van der Waals surface area contributed by atoms with Crippen molar-refractivity contribution in [1.29, 1.82) is 0 Å². The van der Waals surface area contributed by atoms with Crippen molar-refractivity contribution in [3.05, 3.63) is 0 Å². The normalized spacial score (nSPS) is 25.0. The van der Waals surface area contributed by atoms with Gasteiger partial charge in [-0.1, -0.05) is 57.8 Å². The molecule has 3 aliphatic carbocycles. The van der Waals surface area contributed by atoms with Crippen molar-refractivity contribution in [2.45, 2.75) is 127 Å². The van der Waals surface area contributed by atoms with E-state index in [0.717, 1.165) is 24.9 Å². The molecule has 0 saturated heterocycles. The van der Waals surface area contributed by atoms with E-state index < -0.39 is 12.0 Å². The topological polar surface area (TPSA) is 61.4 Å². The Morgan fingerprint density at radius 3 is 1.44 bits per heavy atom. The number of nitrogens with one attached hydrogen (secondary N) is 2. The minimum atomic E-state index is -0.749. The minimum Gasteiger partial charge on any atom is -0.480 e. The van der Waals surface area contributed by atoms with Gasteiger partial charge in [0.1, 0.15) is 6.04 Å². The minimum absolute atomic E-state index is 0.395. The summed E-state index contributed by atoms with van der Waals surface area (Å²) in [4.78, 5) is 10.5. The number of carbonyl (C=O) groups is 1. The highest BCUT2D eigenvalue weighted by Gasteiger charge is 2.19. The molecule has 1 atom stereocenters. The van der Waals surface area contributed by atoms with E-state index in [1.54, 1.807) is 6.92 Å². The van der Waals surface area contributed by atoms with E-state index in [4.69, 9.17) is 5.11 Å². The van der Waals surface area contributed by atoms with E-state index in [0.29, 0.717) is 6.04 Å². The smallest absolute Gasteiger partial charge is 0.320 e. The summed E-state index contributed by atoms with van der Waals surface area (Å²) in [5.74, 6) is -0.749. The van der Waals surface area contributed by atoms with Crippen LogP contribution >= 0.6 is 0 Å². The van der Waals surface area contributed by atoms with Crippen molar-refractivity contribution in [1.82, 2.24) is 10.6 Å². The molecular formula is C21H40N2O2. The molecule has 0 aliphatic heterocycles. The van der Waals surface area contributed by atoms with Crippen molar-refractivity contribution < 1.29 is 9.90 Å². The van der Waals surface area contributed by atoms with Gasteiger partial charge < -0.3 is 15.7 Å². The summed E-state index contributed by atoms with van der Waals surface area (Å²) in [5.41, 5.74) is 0. The standard InChI is InChI=1S/C12H23N.C9H17NO2/c1-3-7-11(8-4-1)13-12-9-5-2-6-10-12;1-7(9(11)12)10-8-5-3-2-4-6-8/h11-13H,1-10H2;7-8,10H,2-6H2,1H3,(H,11,12). The SMILES string of the molecule is C1CCC(NC2CCCCC2)CC1.CC(NC1CCCCC1)C(=O)O. The molecule has 0 aromatic carbocycles. The zero-order chi connectivity index (χ0) is 17.9. The Hall–Kier alpha value is -0.610. The number of carboxylic acid groups (broad SMARTS) is 1. The summed E-state index contributed by atoms with van der Waals surface area (Å²) in [6.07, 6.45) is 20.6. The molecule has 3 rings (SSSR count). The zero-order valence-electron chi connectivity index (χ0n) is 16.3. The third-order valence-electron chi connectivity index (χ3n) is 6.14. The van der Waals surface area contributed by atoms with E-state index in [2.05, 4.69) is 10.6 Å². The molecule has 25 heavy (non-hydrogen) atoms. The van der Waals surface area contributed by atoms with Crippen molar-refractivity contribution >= 4 is 5.97 Å². The lowest BCUT2D eigenvalue weighted by Gasteiger charge is -2.30. The van der Waals surface area contributed by atoms with Crippen molar-refractivity contribution in [2.75, 3.05) is 0 Å². The lowest BCUT2D eigenvalue weighted by molar-refractivity contribution is -0.139. The maximum Gasteiger partial charge on any atom is 0.320 e. The number of carboxylic acids is 1. The molecule has 0 amide bonds. The van der Waals surface area contributed by atoms with E-state index >= 15 is 0 Å². The Morgan fingerprint density at radius 1 is 0.720 bits per heavy atom.